The van der Waals surface area contributed by atoms with Crippen molar-refractivity contribution >= 4 is 34.8 Å². The fourth-order valence-electron chi connectivity index (χ4n) is 2.47. The minimum atomic E-state index is -0.481. The highest BCUT2D eigenvalue weighted by Gasteiger charge is 2.29. The van der Waals surface area contributed by atoms with Gasteiger partial charge in [-0.1, -0.05) is 23.7 Å². The monoisotopic (exact) mass is 349 g/mol. The van der Waals surface area contributed by atoms with Crippen molar-refractivity contribution in [3.05, 3.63) is 40.4 Å². The van der Waals surface area contributed by atoms with Crippen molar-refractivity contribution in [2.45, 2.75) is 19.4 Å². The number of hydrogen-bond acceptors (Lipinski definition) is 4. The molecular weight excluding hydrogens is 334 g/mol. The molecule has 1 aliphatic rings. The van der Waals surface area contributed by atoms with Gasteiger partial charge in [0.2, 0.25) is 5.91 Å². The Labute approximate surface area is 143 Å². The maximum Gasteiger partial charge on any atom is 0.274 e. The highest BCUT2D eigenvalue weighted by atomic mass is 35.5. The summed E-state index contributed by atoms with van der Waals surface area (Å²) in [5.74, 6) is -0.324. The first kappa shape index (κ1) is 16.0. The Morgan fingerprint density at radius 3 is 2.87 bits per heavy atom. The molecule has 1 aromatic carbocycles. The Morgan fingerprint density at radius 1 is 1.39 bits per heavy atom. The van der Waals surface area contributed by atoms with Crippen LogP contribution in [0.15, 0.2) is 29.6 Å². The van der Waals surface area contributed by atoms with Gasteiger partial charge in [-0.2, -0.15) is 0 Å². The number of thiazole rings is 1. The van der Waals surface area contributed by atoms with Crippen molar-refractivity contribution in [2.24, 2.45) is 0 Å². The standard InChI is InChI=1S/C16H16ClN3O2S/c1-10-14(21)18-7-2-8-20(10)16(22)13-9-23-15(19-13)11-3-5-12(17)6-4-11/h3-6,9-10H,2,7-8H2,1H3,(H,18,21). The molecule has 2 aromatic rings. The van der Waals surface area contributed by atoms with E-state index in [0.717, 1.165) is 17.0 Å². The van der Waals surface area contributed by atoms with E-state index in [-0.39, 0.29) is 11.8 Å². The summed E-state index contributed by atoms with van der Waals surface area (Å²) in [4.78, 5) is 30.6. The Kier molecular flexibility index (Phi) is 4.63. The molecule has 3 rings (SSSR count). The summed E-state index contributed by atoms with van der Waals surface area (Å²) in [6.45, 7) is 2.89. The van der Waals surface area contributed by atoms with Crippen LogP contribution in [0.3, 0.4) is 0 Å². The van der Waals surface area contributed by atoms with Gasteiger partial charge < -0.3 is 10.2 Å². The molecule has 1 atom stereocenters. The van der Waals surface area contributed by atoms with Gasteiger partial charge >= 0.3 is 0 Å². The normalized spacial score (nSPS) is 18.4. The number of carbonyl (C=O) groups is 2. The summed E-state index contributed by atoms with van der Waals surface area (Å²) >= 11 is 7.29. The Bertz CT molecular complexity index is 729. The van der Waals surface area contributed by atoms with E-state index in [1.165, 1.54) is 11.3 Å². The van der Waals surface area contributed by atoms with Crippen molar-refractivity contribution in [3.63, 3.8) is 0 Å². The van der Waals surface area contributed by atoms with Crippen LogP contribution in [0.5, 0.6) is 0 Å². The minimum absolute atomic E-state index is 0.121. The van der Waals surface area contributed by atoms with E-state index in [0.29, 0.717) is 23.8 Å². The van der Waals surface area contributed by atoms with E-state index < -0.39 is 6.04 Å². The van der Waals surface area contributed by atoms with Crippen LogP contribution in [-0.2, 0) is 4.79 Å². The van der Waals surface area contributed by atoms with Gasteiger partial charge in [-0.15, -0.1) is 11.3 Å². The summed E-state index contributed by atoms with van der Waals surface area (Å²) in [6, 6.07) is 6.85. The molecule has 23 heavy (non-hydrogen) atoms. The molecule has 1 aliphatic heterocycles. The molecular formula is C16H16ClN3O2S. The molecule has 1 saturated heterocycles. The molecule has 5 nitrogen and oxygen atoms in total. The second-order valence-electron chi connectivity index (χ2n) is 5.36. The highest BCUT2D eigenvalue weighted by Crippen LogP contribution is 2.26. The topological polar surface area (TPSA) is 62.3 Å². The number of amides is 2. The number of nitrogens with zero attached hydrogens (tertiary/aromatic N) is 2. The highest BCUT2D eigenvalue weighted by molar-refractivity contribution is 7.13. The molecule has 1 aromatic heterocycles. The van der Waals surface area contributed by atoms with Crippen LogP contribution in [0.25, 0.3) is 10.6 Å². The van der Waals surface area contributed by atoms with Crippen LogP contribution in [0.4, 0.5) is 0 Å². The van der Waals surface area contributed by atoms with E-state index in [1.807, 2.05) is 12.1 Å². The molecule has 0 spiro atoms. The van der Waals surface area contributed by atoms with Gasteiger partial charge in [0.15, 0.2) is 0 Å². The van der Waals surface area contributed by atoms with E-state index in [2.05, 4.69) is 10.3 Å². The summed E-state index contributed by atoms with van der Waals surface area (Å²) < 4.78 is 0. The van der Waals surface area contributed by atoms with Crippen LogP contribution in [0, 0.1) is 0 Å². The van der Waals surface area contributed by atoms with Gasteiger partial charge in [0.05, 0.1) is 0 Å². The molecule has 120 valence electrons. The number of nitrogens with one attached hydrogen (secondary N) is 1. The van der Waals surface area contributed by atoms with Gasteiger partial charge in [0, 0.05) is 29.1 Å². The fourth-order valence-corrected chi connectivity index (χ4v) is 3.39. The largest absolute Gasteiger partial charge is 0.354 e. The number of aromatic nitrogens is 1. The Balaban J connectivity index is 1.83. The number of hydrogen-bond donors (Lipinski definition) is 1. The molecule has 1 unspecified atom stereocenters. The summed E-state index contributed by atoms with van der Waals surface area (Å²) in [7, 11) is 0. The van der Waals surface area contributed by atoms with Crippen molar-refractivity contribution in [1.82, 2.24) is 15.2 Å². The molecule has 0 bridgehead atoms. The zero-order chi connectivity index (χ0) is 16.4. The Hall–Kier alpha value is -1.92. The minimum Gasteiger partial charge on any atom is -0.354 e. The molecule has 1 N–H and O–H groups in total. The van der Waals surface area contributed by atoms with Gasteiger partial charge in [-0.3, -0.25) is 9.59 Å². The van der Waals surface area contributed by atoms with E-state index in [1.54, 1.807) is 29.3 Å². The molecule has 2 heterocycles. The Morgan fingerprint density at radius 2 is 2.13 bits per heavy atom. The second-order valence-corrected chi connectivity index (χ2v) is 6.66. The quantitative estimate of drug-likeness (QED) is 0.906. The second kappa shape index (κ2) is 6.68. The first-order valence-corrected chi connectivity index (χ1v) is 8.62. The molecule has 0 radical (unpaired) electrons. The molecule has 0 aliphatic carbocycles. The summed E-state index contributed by atoms with van der Waals surface area (Å²) in [6.07, 6.45) is 0.746. The molecule has 1 fully saturated rings. The maximum atomic E-state index is 12.7. The van der Waals surface area contributed by atoms with Crippen LogP contribution < -0.4 is 5.32 Å². The van der Waals surface area contributed by atoms with E-state index in [4.69, 9.17) is 11.6 Å². The third-order valence-corrected chi connectivity index (χ3v) is 4.94. The lowest BCUT2D eigenvalue weighted by atomic mass is 10.2. The van der Waals surface area contributed by atoms with Crippen LogP contribution in [0.2, 0.25) is 5.02 Å². The molecule has 7 heteroatoms. The van der Waals surface area contributed by atoms with Crippen LogP contribution >= 0.6 is 22.9 Å². The number of halogens is 1. The fraction of sp³-hybridized carbons (Fsp3) is 0.312. The lowest BCUT2D eigenvalue weighted by molar-refractivity contribution is -0.124. The van der Waals surface area contributed by atoms with Gasteiger partial charge in [-0.05, 0) is 25.5 Å². The third kappa shape index (κ3) is 3.38. The zero-order valence-electron chi connectivity index (χ0n) is 12.6. The predicted octanol–water partition coefficient (Wildman–Crippen LogP) is 2.81. The van der Waals surface area contributed by atoms with Gasteiger partial charge in [0.1, 0.15) is 16.7 Å². The smallest absolute Gasteiger partial charge is 0.274 e. The summed E-state index contributed by atoms with van der Waals surface area (Å²) in [5, 5.41) is 5.96. The SMILES string of the molecule is CC1C(=O)NCCCN1C(=O)c1csc(-c2ccc(Cl)cc2)n1. The van der Waals surface area contributed by atoms with Crippen molar-refractivity contribution < 1.29 is 9.59 Å². The summed E-state index contributed by atoms with van der Waals surface area (Å²) in [5.41, 5.74) is 1.29. The zero-order valence-corrected chi connectivity index (χ0v) is 14.2. The van der Waals surface area contributed by atoms with Gasteiger partial charge in [0.25, 0.3) is 5.91 Å². The first-order chi connectivity index (χ1) is 11.1. The lowest BCUT2D eigenvalue weighted by Gasteiger charge is -2.24. The number of benzene rings is 1. The predicted molar refractivity (Wildman–Crippen MR) is 90.7 cm³/mol. The first-order valence-electron chi connectivity index (χ1n) is 7.36. The van der Waals surface area contributed by atoms with Crippen molar-refractivity contribution in [1.29, 1.82) is 0 Å². The number of rotatable bonds is 2. The van der Waals surface area contributed by atoms with Crippen LogP contribution in [0.1, 0.15) is 23.8 Å². The van der Waals surface area contributed by atoms with Crippen molar-refractivity contribution in [2.75, 3.05) is 13.1 Å². The number of carbonyl (C=O) groups excluding carboxylic acids is 2. The average Bonchev–Trinajstić information content (AvgIpc) is 2.98. The lowest BCUT2D eigenvalue weighted by Crippen LogP contribution is -2.45. The van der Waals surface area contributed by atoms with E-state index in [9.17, 15) is 9.59 Å². The van der Waals surface area contributed by atoms with E-state index >= 15 is 0 Å². The third-order valence-electron chi connectivity index (χ3n) is 3.80. The average molecular weight is 350 g/mol. The molecule has 2 amide bonds. The molecule has 0 saturated carbocycles. The van der Waals surface area contributed by atoms with Gasteiger partial charge in [-0.25, -0.2) is 4.98 Å². The maximum absolute atomic E-state index is 12.7. The van der Waals surface area contributed by atoms with Crippen molar-refractivity contribution in [3.8, 4) is 10.6 Å². The van der Waals surface area contributed by atoms with Crippen LogP contribution in [-0.4, -0.2) is 40.8 Å².